The lowest BCUT2D eigenvalue weighted by Gasteiger charge is -2.37. The summed E-state index contributed by atoms with van der Waals surface area (Å²) in [6.07, 6.45) is -3.79. The fourth-order valence-corrected chi connectivity index (χ4v) is 3.63. The van der Waals surface area contributed by atoms with Crippen molar-refractivity contribution in [2.75, 3.05) is 33.9 Å². The van der Waals surface area contributed by atoms with Crippen molar-refractivity contribution in [2.45, 2.75) is 18.6 Å². The molecular weight excluding hydrogens is 385 g/mol. The van der Waals surface area contributed by atoms with Crippen LogP contribution in [0.3, 0.4) is 0 Å². The third-order valence-corrected chi connectivity index (χ3v) is 4.92. The minimum Gasteiger partial charge on any atom is -0.493 e. The van der Waals surface area contributed by atoms with E-state index in [4.69, 9.17) is 9.47 Å². The summed E-state index contributed by atoms with van der Waals surface area (Å²) in [7, 11) is 3.12. The molecule has 2 aromatic carbocycles. The van der Waals surface area contributed by atoms with Crippen LogP contribution in [-0.2, 0) is 11.2 Å². The summed E-state index contributed by atoms with van der Waals surface area (Å²) in [6.45, 7) is -0.942. The first-order chi connectivity index (χ1) is 13.8. The Hall–Kier alpha value is -2.74. The second-order valence-corrected chi connectivity index (χ2v) is 6.83. The third kappa shape index (κ3) is 5.00. The van der Waals surface area contributed by atoms with E-state index < -0.39 is 18.6 Å². The number of carbonyl (C=O) groups is 1. The number of hydrogen-bond acceptors (Lipinski definition) is 4. The lowest BCUT2D eigenvalue weighted by atomic mass is 9.87. The number of methoxy groups -OCH3 is 2. The van der Waals surface area contributed by atoms with Gasteiger partial charge in [0, 0.05) is 6.54 Å². The molecule has 0 radical (unpaired) electrons. The molecule has 1 N–H and O–H groups in total. The molecule has 1 amide bonds. The van der Waals surface area contributed by atoms with E-state index >= 15 is 0 Å². The number of alkyl halides is 3. The molecule has 156 valence electrons. The maximum absolute atomic E-state index is 12.4. The van der Waals surface area contributed by atoms with Crippen LogP contribution in [0, 0.1) is 0 Å². The van der Waals surface area contributed by atoms with Crippen LogP contribution in [0.5, 0.6) is 11.5 Å². The first kappa shape index (κ1) is 21.0. The summed E-state index contributed by atoms with van der Waals surface area (Å²) < 4.78 is 48.1. The van der Waals surface area contributed by atoms with Gasteiger partial charge in [0.15, 0.2) is 11.5 Å². The van der Waals surface area contributed by atoms with Gasteiger partial charge in [0.2, 0.25) is 5.91 Å². The lowest BCUT2D eigenvalue weighted by molar-refractivity contribution is -0.139. The lowest BCUT2D eigenvalue weighted by Crippen LogP contribution is -2.45. The summed E-state index contributed by atoms with van der Waals surface area (Å²) in [4.78, 5) is 14.1. The fourth-order valence-electron chi connectivity index (χ4n) is 3.63. The highest BCUT2D eigenvalue weighted by atomic mass is 19.4. The first-order valence-electron chi connectivity index (χ1n) is 9.19. The molecular formula is C21H23F3N2O3. The van der Waals surface area contributed by atoms with Crippen LogP contribution in [0.15, 0.2) is 42.5 Å². The maximum atomic E-state index is 12.4. The molecule has 8 heteroatoms. The molecule has 1 atom stereocenters. The highest BCUT2D eigenvalue weighted by Crippen LogP contribution is 2.40. The van der Waals surface area contributed by atoms with E-state index in [2.05, 4.69) is 0 Å². The van der Waals surface area contributed by atoms with Crippen molar-refractivity contribution in [3.05, 3.63) is 59.2 Å². The zero-order chi connectivity index (χ0) is 21.0. The van der Waals surface area contributed by atoms with Crippen LogP contribution in [0.25, 0.3) is 0 Å². The molecule has 0 spiro atoms. The summed E-state index contributed by atoms with van der Waals surface area (Å²) in [5.74, 6) is 0.525. The number of nitrogens with one attached hydrogen (secondary N) is 1. The number of amides is 1. The fraction of sp³-hybridized carbons (Fsp3) is 0.381. The van der Waals surface area contributed by atoms with Crippen molar-refractivity contribution in [3.8, 4) is 11.5 Å². The van der Waals surface area contributed by atoms with E-state index in [9.17, 15) is 18.0 Å². The van der Waals surface area contributed by atoms with Crippen molar-refractivity contribution in [1.82, 2.24) is 10.2 Å². The minimum absolute atomic E-state index is 0.135. The van der Waals surface area contributed by atoms with Gasteiger partial charge in [-0.1, -0.05) is 30.3 Å². The monoisotopic (exact) mass is 408 g/mol. The van der Waals surface area contributed by atoms with Gasteiger partial charge in [0.1, 0.15) is 6.54 Å². The van der Waals surface area contributed by atoms with Crippen molar-refractivity contribution in [1.29, 1.82) is 0 Å². The second-order valence-electron chi connectivity index (χ2n) is 6.83. The Morgan fingerprint density at radius 1 is 1.14 bits per heavy atom. The van der Waals surface area contributed by atoms with E-state index in [-0.39, 0.29) is 12.6 Å². The second kappa shape index (κ2) is 8.73. The maximum Gasteiger partial charge on any atom is 0.405 e. The Balaban J connectivity index is 1.93. The van der Waals surface area contributed by atoms with Gasteiger partial charge < -0.3 is 14.8 Å². The minimum atomic E-state index is -4.44. The van der Waals surface area contributed by atoms with Crippen LogP contribution in [0.2, 0.25) is 0 Å². The van der Waals surface area contributed by atoms with Gasteiger partial charge in [0.05, 0.1) is 26.8 Å². The van der Waals surface area contributed by atoms with Crippen LogP contribution in [0.1, 0.15) is 22.7 Å². The van der Waals surface area contributed by atoms with Crippen LogP contribution in [-0.4, -0.2) is 50.8 Å². The standard InChI is InChI=1S/C21H23F3N2O3/c1-28-17-10-15-8-9-26(12-19(27)25-13-21(22,23)24)20(14-6-4-3-5-7-14)16(15)11-18(17)29-2/h3-7,10-11,20H,8-9,12-13H2,1-2H3,(H,25,27)/t20-/m1/s1. The van der Waals surface area contributed by atoms with Crippen LogP contribution >= 0.6 is 0 Å². The molecule has 5 nitrogen and oxygen atoms in total. The predicted octanol–water partition coefficient (Wildman–Crippen LogP) is 3.33. The van der Waals surface area contributed by atoms with Gasteiger partial charge in [0.25, 0.3) is 0 Å². The van der Waals surface area contributed by atoms with E-state index in [0.29, 0.717) is 24.5 Å². The molecule has 0 unspecified atom stereocenters. The summed E-state index contributed by atoms with van der Waals surface area (Å²) in [5, 5.41) is 1.96. The number of benzene rings is 2. The molecule has 0 saturated heterocycles. The van der Waals surface area contributed by atoms with Gasteiger partial charge in [-0.25, -0.2) is 0 Å². The molecule has 3 rings (SSSR count). The normalized spacial score (nSPS) is 16.8. The molecule has 29 heavy (non-hydrogen) atoms. The Morgan fingerprint density at radius 3 is 2.41 bits per heavy atom. The van der Waals surface area contributed by atoms with Crippen LogP contribution in [0.4, 0.5) is 13.2 Å². The molecule has 0 bridgehead atoms. The third-order valence-electron chi connectivity index (χ3n) is 4.92. The molecule has 0 saturated carbocycles. The number of halogens is 3. The summed E-state index contributed by atoms with van der Waals surface area (Å²) >= 11 is 0. The average molecular weight is 408 g/mol. The smallest absolute Gasteiger partial charge is 0.405 e. The summed E-state index contributed by atoms with van der Waals surface area (Å²) in [6, 6.07) is 13.1. The molecule has 1 aliphatic heterocycles. The molecule has 0 aromatic heterocycles. The Labute approximate surface area is 167 Å². The van der Waals surface area contributed by atoms with Crippen molar-refractivity contribution in [2.24, 2.45) is 0 Å². The molecule has 1 aliphatic rings. The van der Waals surface area contributed by atoms with Crippen molar-refractivity contribution < 1.29 is 27.4 Å². The Kier molecular flexibility index (Phi) is 6.32. The largest absolute Gasteiger partial charge is 0.493 e. The van der Waals surface area contributed by atoms with Gasteiger partial charge in [-0.2, -0.15) is 13.2 Å². The van der Waals surface area contributed by atoms with Gasteiger partial charge in [-0.05, 0) is 35.2 Å². The van der Waals surface area contributed by atoms with Gasteiger partial charge >= 0.3 is 6.18 Å². The quantitative estimate of drug-likeness (QED) is 0.797. The Morgan fingerprint density at radius 2 is 1.79 bits per heavy atom. The van der Waals surface area contributed by atoms with E-state index in [1.165, 1.54) is 0 Å². The predicted molar refractivity (Wildman–Crippen MR) is 102 cm³/mol. The number of nitrogens with zero attached hydrogens (tertiary/aromatic N) is 1. The number of carbonyl (C=O) groups excluding carboxylic acids is 1. The number of ether oxygens (including phenoxy) is 2. The number of rotatable bonds is 6. The number of hydrogen-bond donors (Lipinski definition) is 1. The summed E-state index contributed by atoms with van der Waals surface area (Å²) in [5.41, 5.74) is 2.96. The topological polar surface area (TPSA) is 50.8 Å². The zero-order valence-electron chi connectivity index (χ0n) is 16.3. The van der Waals surface area contributed by atoms with Gasteiger partial charge in [-0.3, -0.25) is 9.69 Å². The van der Waals surface area contributed by atoms with Crippen LogP contribution < -0.4 is 14.8 Å². The first-order valence-corrected chi connectivity index (χ1v) is 9.19. The number of fused-ring (bicyclic) bond motifs is 1. The van der Waals surface area contributed by atoms with Crippen molar-refractivity contribution in [3.63, 3.8) is 0 Å². The van der Waals surface area contributed by atoms with E-state index in [0.717, 1.165) is 16.7 Å². The zero-order valence-corrected chi connectivity index (χ0v) is 16.3. The SMILES string of the molecule is COc1cc2c(cc1OC)[C@@H](c1ccccc1)N(CC(=O)NCC(F)(F)F)CC2. The van der Waals surface area contributed by atoms with E-state index in [1.54, 1.807) is 14.2 Å². The highest BCUT2D eigenvalue weighted by Gasteiger charge is 2.33. The average Bonchev–Trinajstić information content (AvgIpc) is 2.71. The Bertz CT molecular complexity index is 856. The molecule has 0 aliphatic carbocycles. The highest BCUT2D eigenvalue weighted by molar-refractivity contribution is 5.78. The van der Waals surface area contributed by atoms with E-state index in [1.807, 2.05) is 52.7 Å². The molecule has 1 heterocycles. The molecule has 2 aromatic rings. The van der Waals surface area contributed by atoms with Gasteiger partial charge in [-0.15, -0.1) is 0 Å². The van der Waals surface area contributed by atoms with Crippen molar-refractivity contribution >= 4 is 5.91 Å². The molecule has 0 fully saturated rings.